The summed E-state index contributed by atoms with van der Waals surface area (Å²) in [6.07, 6.45) is 0.641. The zero-order chi connectivity index (χ0) is 14.0. The molecule has 2 rings (SSSR count). The lowest BCUT2D eigenvalue weighted by Gasteiger charge is -2.09. The molecule has 0 N–H and O–H groups in total. The Hall–Kier alpha value is -1.07. The number of carbonyl (C=O) groups excluding carboxylic acids is 1. The van der Waals surface area contributed by atoms with Crippen molar-refractivity contribution in [3.8, 4) is 5.75 Å². The van der Waals surface area contributed by atoms with Gasteiger partial charge in [-0.05, 0) is 37.0 Å². The molecule has 0 radical (unpaired) electrons. The second-order valence-corrected chi connectivity index (χ2v) is 7.52. The van der Waals surface area contributed by atoms with Crippen LogP contribution in [0.3, 0.4) is 0 Å². The number of hydrogen-bond donors (Lipinski definition) is 0. The van der Waals surface area contributed by atoms with Crippen molar-refractivity contribution in [1.82, 2.24) is 0 Å². The van der Waals surface area contributed by atoms with Gasteiger partial charge in [-0.15, -0.1) is 0 Å². The van der Waals surface area contributed by atoms with Gasteiger partial charge in [0.25, 0.3) is 0 Å². The van der Waals surface area contributed by atoms with E-state index in [-0.39, 0.29) is 23.8 Å². The van der Waals surface area contributed by atoms with Crippen LogP contribution >= 0.6 is 11.6 Å². The Labute approximate surface area is 117 Å². The van der Waals surface area contributed by atoms with Crippen LogP contribution in [0.15, 0.2) is 18.2 Å². The summed E-state index contributed by atoms with van der Waals surface area (Å²) in [5, 5.41) is 0.373. The molecular formula is C13H15ClO4S. The summed E-state index contributed by atoms with van der Waals surface area (Å²) < 4.78 is 27.8. The normalized spacial score (nSPS) is 21.3. The molecule has 104 valence electrons. The van der Waals surface area contributed by atoms with Gasteiger partial charge in [-0.3, -0.25) is 4.79 Å². The Bertz CT molecular complexity index is 595. The molecule has 1 aliphatic rings. The first-order valence-electron chi connectivity index (χ1n) is 6.03. The van der Waals surface area contributed by atoms with Gasteiger partial charge >= 0.3 is 5.97 Å². The summed E-state index contributed by atoms with van der Waals surface area (Å²) in [6, 6.07) is 5.17. The third-order valence-corrected chi connectivity index (χ3v) is 5.24. The van der Waals surface area contributed by atoms with E-state index in [4.69, 9.17) is 16.3 Å². The molecular weight excluding hydrogens is 288 g/mol. The smallest absolute Gasteiger partial charge is 0.311 e. The summed E-state index contributed by atoms with van der Waals surface area (Å²) >= 11 is 5.93. The second-order valence-electron chi connectivity index (χ2n) is 4.88. The molecule has 1 unspecified atom stereocenters. The summed E-state index contributed by atoms with van der Waals surface area (Å²) in [6.45, 7) is 1.87. The topological polar surface area (TPSA) is 60.4 Å². The monoisotopic (exact) mass is 302 g/mol. The van der Waals surface area contributed by atoms with Gasteiger partial charge in [-0.1, -0.05) is 17.7 Å². The molecule has 19 heavy (non-hydrogen) atoms. The van der Waals surface area contributed by atoms with E-state index < -0.39 is 15.8 Å². The van der Waals surface area contributed by atoms with Gasteiger partial charge in [0.2, 0.25) is 0 Å². The van der Waals surface area contributed by atoms with Crippen LogP contribution in [0.2, 0.25) is 5.02 Å². The molecule has 0 bridgehead atoms. The first-order chi connectivity index (χ1) is 8.85. The molecule has 0 saturated carbocycles. The van der Waals surface area contributed by atoms with Crippen molar-refractivity contribution >= 4 is 27.4 Å². The standard InChI is InChI=1S/C13H15ClO4S/c1-9-2-3-11(14)12(6-9)18-13(15)7-10-4-5-19(16,17)8-10/h2-3,6,10H,4-5,7-8H2,1H3. The van der Waals surface area contributed by atoms with E-state index in [9.17, 15) is 13.2 Å². The first kappa shape index (κ1) is 14.3. The van der Waals surface area contributed by atoms with Crippen LogP contribution in [-0.4, -0.2) is 25.9 Å². The highest BCUT2D eigenvalue weighted by Gasteiger charge is 2.30. The summed E-state index contributed by atoms with van der Waals surface area (Å²) in [5.41, 5.74) is 0.940. The number of halogens is 1. The molecule has 0 aromatic heterocycles. The maximum absolute atomic E-state index is 11.8. The molecule has 1 aromatic carbocycles. The zero-order valence-corrected chi connectivity index (χ0v) is 12.1. The highest BCUT2D eigenvalue weighted by molar-refractivity contribution is 7.91. The van der Waals surface area contributed by atoms with E-state index in [0.717, 1.165) is 5.56 Å². The van der Waals surface area contributed by atoms with E-state index >= 15 is 0 Å². The molecule has 0 aliphatic carbocycles. The maximum Gasteiger partial charge on any atom is 0.311 e. The Kier molecular flexibility index (Phi) is 4.16. The van der Waals surface area contributed by atoms with Gasteiger partial charge < -0.3 is 4.74 Å². The van der Waals surface area contributed by atoms with Crippen molar-refractivity contribution in [3.05, 3.63) is 28.8 Å². The average Bonchev–Trinajstić information content (AvgIpc) is 2.63. The van der Waals surface area contributed by atoms with Crippen LogP contribution in [0, 0.1) is 12.8 Å². The number of carbonyl (C=O) groups is 1. The van der Waals surface area contributed by atoms with E-state index in [2.05, 4.69) is 0 Å². The van der Waals surface area contributed by atoms with Gasteiger partial charge in [0.15, 0.2) is 9.84 Å². The molecule has 0 amide bonds. The minimum absolute atomic E-state index is 0.0731. The third kappa shape index (κ3) is 3.94. The molecule has 1 aliphatic heterocycles. The lowest BCUT2D eigenvalue weighted by atomic mass is 10.1. The quantitative estimate of drug-likeness (QED) is 0.635. The molecule has 1 saturated heterocycles. The van der Waals surface area contributed by atoms with Crippen molar-refractivity contribution in [3.63, 3.8) is 0 Å². The summed E-state index contributed by atoms with van der Waals surface area (Å²) in [4.78, 5) is 11.8. The first-order valence-corrected chi connectivity index (χ1v) is 8.23. The predicted octanol–water partition coefficient (Wildman–Crippen LogP) is 2.38. The van der Waals surface area contributed by atoms with Crippen LogP contribution in [0.25, 0.3) is 0 Å². The lowest BCUT2D eigenvalue weighted by molar-refractivity contribution is -0.135. The second kappa shape index (κ2) is 5.51. The predicted molar refractivity (Wildman–Crippen MR) is 73.2 cm³/mol. The van der Waals surface area contributed by atoms with Gasteiger partial charge in [0.1, 0.15) is 5.75 Å². The highest BCUT2D eigenvalue weighted by Crippen LogP contribution is 2.27. The largest absolute Gasteiger partial charge is 0.425 e. The molecule has 1 fully saturated rings. The van der Waals surface area contributed by atoms with Crippen molar-refractivity contribution in [1.29, 1.82) is 0 Å². The minimum Gasteiger partial charge on any atom is -0.425 e. The Morgan fingerprint density at radius 2 is 2.21 bits per heavy atom. The fourth-order valence-corrected chi connectivity index (χ4v) is 4.14. The number of ether oxygens (including phenoxy) is 1. The third-order valence-electron chi connectivity index (χ3n) is 3.09. The fraction of sp³-hybridized carbons (Fsp3) is 0.462. The zero-order valence-electron chi connectivity index (χ0n) is 10.6. The molecule has 1 aromatic rings. The van der Waals surface area contributed by atoms with E-state index in [1.807, 2.05) is 13.0 Å². The van der Waals surface area contributed by atoms with Crippen LogP contribution in [-0.2, 0) is 14.6 Å². The molecule has 1 atom stereocenters. The number of aryl methyl sites for hydroxylation is 1. The van der Waals surface area contributed by atoms with Gasteiger partial charge in [-0.2, -0.15) is 0 Å². The Balaban J connectivity index is 1.97. The Morgan fingerprint density at radius 3 is 2.84 bits per heavy atom. The fourth-order valence-electron chi connectivity index (χ4n) is 2.12. The molecule has 4 nitrogen and oxygen atoms in total. The Morgan fingerprint density at radius 1 is 1.47 bits per heavy atom. The van der Waals surface area contributed by atoms with Crippen molar-refractivity contribution in [2.75, 3.05) is 11.5 Å². The van der Waals surface area contributed by atoms with Gasteiger partial charge in [0.05, 0.1) is 16.5 Å². The maximum atomic E-state index is 11.8. The van der Waals surface area contributed by atoms with E-state index in [1.54, 1.807) is 12.1 Å². The van der Waals surface area contributed by atoms with Gasteiger partial charge in [0, 0.05) is 6.42 Å². The van der Waals surface area contributed by atoms with Crippen LogP contribution < -0.4 is 4.74 Å². The molecule has 6 heteroatoms. The number of hydrogen-bond acceptors (Lipinski definition) is 4. The van der Waals surface area contributed by atoms with E-state index in [1.165, 1.54) is 0 Å². The summed E-state index contributed by atoms with van der Waals surface area (Å²) in [7, 11) is -2.96. The summed E-state index contributed by atoms with van der Waals surface area (Å²) in [5.74, 6) is -0.0111. The number of rotatable bonds is 3. The number of benzene rings is 1. The highest BCUT2D eigenvalue weighted by atomic mass is 35.5. The van der Waals surface area contributed by atoms with Gasteiger partial charge in [-0.25, -0.2) is 8.42 Å². The SMILES string of the molecule is Cc1ccc(Cl)c(OC(=O)CC2CCS(=O)(=O)C2)c1. The van der Waals surface area contributed by atoms with Crippen LogP contribution in [0.5, 0.6) is 5.75 Å². The van der Waals surface area contributed by atoms with Crippen molar-refractivity contribution < 1.29 is 17.9 Å². The van der Waals surface area contributed by atoms with Crippen molar-refractivity contribution in [2.24, 2.45) is 5.92 Å². The minimum atomic E-state index is -2.96. The average molecular weight is 303 g/mol. The molecule has 0 spiro atoms. The van der Waals surface area contributed by atoms with Crippen LogP contribution in [0.4, 0.5) is 0 Å². The number of esters is 1. The number of sulfone groups is 1. The van der Waals surface area contributed by atoms with Crippen LogP contribution in [0.1, 0.15) is 18.4 Å². The molecule has 1 heterocycles. The van der Waals surface area contributed by atoms with E-state index in [0.29, 0.717) is 17.2 Å². The lowest BCUT2D eigenvalue weighted by Crippen LogP contribution is -2.15. The van der Waals surface area contributed by atoms with Crippen molar-refractivity contribution in [2.45, 2.75) is 19.8 Å².